The molecule has 2 aromatic carbocycles. The summed E-state index contributed by atoms with van der Waals surface area (Å²) in [6, 6.07) is 12.0. The monoisotopic (exact) mass is 555 g/mol. The number of nitrogens with zero attached hydrogens (tertiary/aromatic N) is 1. The third-order valence-corrected chi connectivity index (χ3v) is 5.10. The molecule has 3 rings (SSSR count). The normalized spacial score (nSPS) is 15.6. The zero-order valence-corrected chi connectivity index (χ0v) is 21.6. The molecule has 1 unspecified atom stereocenters. The van der Waals surface area contributed by atoms with Crippen molar-refractivity contribution < 1.29 is 18.9 Å². The van der Waals surface area contributed by atoms with E-state index in [1.165, 1.54) is 5.56 Å². The third kappa shape index (κ3) is 7.44. The number of rotatable bonds is 9. The first-order chi connectivity index (χ1) is 15.1. The molecular formula is C24H34IN3O4. The van der Waals surface area contributed by atoms with E-state index in [4.69, 9.17) is 23.9 Å². The zero-order valence-electron chi connectivity index (χ0n) is 19.3. The van der Waals surface area contributed by atoms with Crippen molar-refractivity contribution in [1.29, 1.82) is 0 Å². The van der Waals surface area contributed by atoms with Crippen LogP contribution >= 0.6 is 24.0 Å². The van der Waals surface area contributed by atoms with Gasteiger partial charge in [0.25, 0.3) is 0 Å². The van der Waals surface area contributed by atoms with E-state index < -0.39 is 0 Å². The molecule has 1 aliphatic rings. The first-order valence-electron chi connectivity index (χ1n) is 10.7. The Hall–Kier alpha value is -2.20. The van der Waals surface area contributed by atoms with Gasteiger partial charge in [0.1, 0.15) is 23.4 Å². The molecule has 0 saturated carbocycles. The molecular weight excluding hydrogens is 521 g/mol. The van der Waals surface area contributed by atoms with Crippen molar-refractivity contribution in [2.24, 2.45) is 4.99 Å². The summed E-state index contributed by atoms with van der Waals surface area (Å²) in [6.07, 6.45) is 1.04. The third-order valence-electron chi connectivity index (χ3n) is 5.10. The summed E-state index contributed by atoms with van der Waals surface area (Å²) in [7, 11) is 3.29. The molecule has 8 heteroatoms. The number of ether oxygens (including phenoxy) is 4. The summed E-state index contributed by atoms with van der Waals surface area (Å²) in [5, 5.41) is 6.71. The van der Waals surface area contributed by atoms with Gasteiger partial charge >= 0.3 is 0 Å². The second kappa shape index (κ2) is 13.4. The SMILES string of the molecule is CCNC(=NCc1ccc(OC)cc1OC)NCc1ccc(C)cc1OC1CCOC1.I. The second-order valence-electron chi connectivity index (χ2n) is 7.44. The highest BCUT2D eigenvalue weighted by atomic mass is 127. The standard InChI is InChI=1S/C24H33N3O4.HI/c1-5-25-24(26-14-18-8-9-20(28-3)13-22(18)29-4)27-15-19-7-6-17(2)12-23(19)31-21-10-11-30-16-21;/h6-9,12-13,21H,5,10-11,14-16H2,1-4H3,(H2,25,26,27);1H. The second-order valence-corrected chi connectivity index (χ2v) is 7.44. The fourth-order valence-corrected chi connectivity index (χ4v) is 3.37. The number of halogens is 1. The number of benzene rings is 2. The van der Waals surface area contributed by atoms with Gasteiger partial charge in [0.2, 0.25) is 0 Å². The first-order valence-corrected chi connectivity index (χ1v) is 10.7. The highest BCUT2D eigenvalue weighted by Gasteiger charge is 2.19. The van der Waals surface area contributed by atoms with Gasteiger partial charge < -0.3 is 29.6 Å². The minimum atomic E-state index is 0. The Labute approximate surface area is 207 Å². The Kier molecular flexibility index (Phi) is 10.9. The summed E-state index contributed by atoms with van der Waals surface area (Å²) in [4.78, 5) is 4.73. The Morgan fingerprint density at radius 2 is 1.88 bits per heavy atom. The van der Waals surface area contributed by atoms with E-state index in [2.05, 4.69) is 35.8 Å². The highest BCUT2D eigenvalue weighted by Crippen LogP contribution is 2.26. The van der Waals surface area contributed by atoms with E-state index in [0.717, 1.165) is 53.9 Å². The van der Waals surface area contributed by atoms with Crippen LogP contribution in [0.4, 0.5) is 0 Å². The van der Waals surface area contributed by atoms with Gasteiger partial charge in [0.05, 0.1) is 34.0 Å². The number of hydrogen-bond donors (Lipinski definition) is 2. The molecule has 32 heavy (non-hydrogen) atoms. The van der Waals surface area contributed by atoms with Crippen molar-refractivity contribution in [2.45, 2.75) is 39.5 Å². The molecule has 0 radical (unpaired) electrons. The summed E-state index contributed by atoms with van der Waals surface area (Å²) in [5.41, 5.74) is 3.25. The van der Waals surface area contributed by atoms with Gasteiger partial charge in [-0.15, -0.1) is 24.0 Å². The van der Waals surface area contributed by atoms with E-state index in [9.17, 15) is 0 Å². The smallest absolute Gasteiger partial charge is 0.191 e. The van der Waals surface area contributed by atoms with Crippen molar-refractivity contribution in [2.75, 3.05) is 34.0 Å². The van der Waals surface area contributed by atoms with Gasteiger partial charge in [0.15, 0.2) is 5.96 Å². The lowest BCUT2D eigenvalue weighted by Crippen LogP contribution is -2.37. The van der Waals surface area contributed by atoms with Gasteiger partial charge in [-0.25, -0.2) is 4.99 Å². The molecule has 1 heterocycles. The van der Waals surface area contributed by atoms with E-state index in [1.807, 2.05) is 25.1 Å². The van der Waals surface area contributed by atoms with E-state index in [1.54, 1.807) is 14.2 Å². The maximum Gasteiger partial charge on any atom is 0.191 e. The first kappa shape index (κ1) is 26.1. The average Bonchev–Trinajstić information content (AvgIpc) is 3.29. The lowest BCUT2D eigenvalue weighted by molar-refractivity contribution is 0.140. The van der Waals surface area contributed by atoms with Crippen molar-refractivity contribution >= 4 is 29.9 Å². The van der Waals surface area contributed by atoms with E-state index >= 15 is 0 Å². The van der Waals surface area contributed by atoms with Crippen molar-refractivity contribution in [3.63, 3.8) is 0 Å². The number of nitrogens with one attached hydrogen (secondary N) is 2. The van der Waals surface area contributed by atoms with Gasteiger partial charge in [-0.05, 0) is 37.6 Å². The lowest BCUT2D eigenvalue weighted by Gasteiger charge is -2.18. The molecule has 0 amide bonds. The van der Waals surface area contributed by atoms with Crippen LogP contribution in [0.1, 0.15) is 30.0 Å². The number of aliphatic imine (C=N–C) groups is 1. The topological polar surface area (TPSA) is 73.3 Å². The van der Waals surface area contributed by atoms with Crippen LogP contribution in [0.15, 0.2) is 41.4 Å². The molecule has 1 atom stereocenters. The Morgan fingerprint density at radius 1 is 1.06 bits per heavy atom. The highest BCUT2D eigenvalue weighted by molar-refractivity contribution is 14.0. The van der Waals surface area contributed by atoms with Crippen LogP contribution < -0.4 is 24.8 Å². The summed E-state index contributed by atoms with van der Waals surface area (Å²) >= 11 is 0. The fourth-order valence-electron chi connectivity index (χ4n) is 3.37. The number of hydrogen-bond acceptors (Lipinski definition) is 5. The molecule has 2 aromatic rings. The molecule has 7 nitrogen and oxygen atoms in total. The van der Waals surface area contributed by atoms with E-state index in [-0.39, 0.29) is 30.1 Å². The maximum absolute atomic E-state index is 6.21. The van der Waals surface area contributed by atoms with Crippen LogP contribution in [0.3, 0.4) is 0 Å². The van der Waals surface area contributed by atoms with Crippen LogP contribution in [0.5, 0.6) is 17.2 Å². The fraction of sp³-hybridized carbons (Fsp3) is 0.458. The quantitative estimate of drug-likeness (QED) is 0.277. The van der Waals surface area contributed by atoms with Crippen molar-refractivity contribution in [3.05, 3.63) is 53.1 Å². The van der Waals surface area contributed by atoms with E-state index in [0.29, 0.717) is 19.7 Å². The molecule has 0 bridgehead atoms. The molecule has 1 aliphatic heterocycles. The molecule has 0 spiro atoms. The summed E-state index contributed by atoms with van der Waals surface area (Å²) < 4.78 is 22.4. The van der Waals surface area contributed by atoms with Crippen LogP contribution in [-0.4, -0.2) is 46.0 Å². The maximum atomic E-state index is 6.21. The molecule has 2 N–H and O–H groups in total. The van der Waals surface area contributed by atoms with Gasteiger partial charge in [-0.2, -0.15) is 0 Å². The summed E-state index contributed by atoms with van der Waals surface area (Å²) in [6.45, 7) is 7.38. The predicted octanol–water partition coefficient (Wildman–Crippen LogP) is 4.05. The van der Waals surface area contributed by atoms with Crippen molar-refractivity contribution in [1.82, 2.24) is 10.6 Å². The zero-order chi connectivity index (χ0) is 22.1. The number of guanidine groups is 1. The Bertz CT molecular complexity index is 886. The Morgan fingerprint density at radius 3 is 2.56 bits per heavy atom. The predicted molar refractivity (Wildman–Crippen MR) is 138 cm³/mol. The molecule has 176 valence electrons. The van der Waals surface area contributed by atoms with Crippen LogP contribution in [0.25, 0.3) is 0 Å². The summed E-state index contributed by atoms with van der Waals surface area (Å²) in [5.74, 6) is 3.15. The number of aryl methyl sites for hydroxylation is 1. The Balaban J connectivity index is 0.00000363. The van der Waals surface area contributed by atoms with Gasteiger partial charge in [-0.3, -0.25) is 0 Å². The van der Waals surface area contributed by atoms with Crippen LogP contribution in [-0.2, 0) is 17.8 Å². The molecule has 0 aliphatic carbocycles. The molecule has 0 aromatic heterocycles. The van der Waals surface area contributed by atoms with Crippen LogP contribution in [0, 0.1) is 6.92 Å². The minimum absolute atomic E-state index is 0. The van der Waals surface area contributed by atoms with Crippen molar-refractivity contribution in [3.8, 4) is 17.2 Å². The van der Waals surface area contributed by atoms with Gasteiger partial charge in [-0.1, -0.05) is 12.1 Å². The number of methoxy groups -OCH3 is 2. The van der Waals surface area contributed by atoms with Crippen LogP contribution in [0.2, 0.25) is 0 Å². The lowest BCUT2D eigenvalue weighted by atomic mass is 10.1. The largest absolute Gasteiger partial charge is 0.497 e. The molecule has 1 fully saturated rings. The minimum Gasteiger partial charge on any atom is -0.497 e. The van der Waals surface area contributed by atoms with Gasteiger partial charge in [0, 0.05) is 36.7 Å². The molecule has 1 saturated heterocycles. The average molecular weight is 555 g/mol.